The van der Waals surface area contributed by atoms with E-state index in [4.69, 9.17) is 4.74 Å². The molecule has 1 aliphatic rings. The topological polar surface area (TPSA) is 107 Å². The Bertz CT molecular complexity index is 836. The molecule has 1 N–H and O–H groups in total. The maximum Gasteiger partial charge on any atom is 0.310 e. The molecule has 0 saturated carbocycles. The van der Waals surface area contributed by atoms with E-state index in [1.54, 1.807) is 45.0 Å². The zero-order valence-corrected chi connectivity index (χ0v) is 16.8. The molecule has 0 bridgehead atoms. The lowest BCUT2D eigenvalue weighted by Gasteiger charge is -2.18. The molecule has 2 atom stereocenters. The molecule has 148 valence electrons. The van der Waals surface area contributed by atoms with Crippen LogP contribution in [0.15, 0.2) is 24.3 Å². The third-order valence-electron chi connectivity index (χ3n) is 4.34. The number of anilines is 1. The molecular formula is C19H25NO6S. The van der Waals surface area contributed by atoms with Gasteiger partial charge in [-0.25, -0.2) is 8.42 Å². The molecule has 0 aliphatic carbocycles. The fraction of sp³-hybridized carbons (Fsp3) is 0.526. The number of ketones is 1. The van der Waals surface area contributed by atoms with Crippen molar-refractivity contribution in [2.75, 3.05) is 16.8 Å². The first kappa shape index (κ1) is 21.1. The summed E-state index contributed by atoms with van der Waals surface area (Å²) in [5.41, 5.74) is 0.362. The van der Waals surface area contributed by atoms with Crippen molar-refractivity contribution in [3.05, 3.63) is 29.8 Å². The molecule has 7 nitrogen and oxygen atoms in total. The van der Waals surface area contributed by atoms with Gasteiger partial charge in [0.15, 0.2) is 15.9 Å². The van der Waals surface area contributed by atoms with Crippen molar-refractivity contribution in [1.82, 2.24) is 0 Å². The Morgan fingerprint density at radius 1 is 1.15 bits per heavy atom. The minimum absolute atomic E-state index is 0.0309. The van der Waals surface area contributed by atoms with Crippen LogP contribution in [0.1, 0.15) is 44.5 Å². The highest BCUT2D eigenvalue weighted by atomic mass is 32.2. The lowest BCUT2D eigenvalue weighted by molar-refractivity contribution is -0.150. The van der Waals surface area contributed by atoms with E-state index in [0.717, 1.165) is 0 Å². The molecule has 0 radical (unpaired) electrons. The van der Waals surface area contributed by atoms with E-state index in [1.807, 2.05) is 0 Å². The van der Waals surface area contributed by atoms with Gasteiger partial charge in [0.05, 0.1) is 17.4 Å². The van der Waals surface area contributed by atoms with E-state index >= 15 is 0 Å². The Hall–Kier alpha value is -2.22. The lowest BCUT2D eigenvalue weighted by atomic mass is 9.95. The molecule has 1 aromatic carbocycles. The summed E-state index contributed by atoms with van der Waals surface area (Å²) < 4.78 is 28.1. The number of amides is 1. The molecule has 1 fully saturated rings. The first-order chi connectivity index (χ1) is 12.4. The fourth-order valence-corrected chi connectivity index (χ4v) is 4.30. The summed E-state index contributed by atoms with van der Waals surface area (Å²) in [5, 5.41) is 2.76. The Morgan fingerprint density at radius 2 is 1.74 bits per heavy atom. The third-order valence-corrected chi connectivity index (χ3v) is 6.10. The van der Waals surface area contributed by atoms with Crippen LogP contribution in [0.25, 0.3) is 0 Å². The lowest BCUT2D eigenvalue weighted by Crippen LogP contribution is -2.29. The number of rotatable bonds is 5. The van der Waals surface area contributed by atoms with Gasteiger partial charge < -0.3 is 10.1 Å². The number of hydrogen-bond donors (Lipinski definition) is 1. The van der Waals surface area contributed by atoms with Crippen molar-refractivity contribution in [3.63, 3.8) is 0 Å². The van der Waals surface area contributed by atoms with Crippen LogP contribution < -0.4 is 5.32 Å². The van der Waals surface area contributed by atoms with Gasteiger partial charge in [-0.2, -0.15) is 0 Å². The number of nitrogens with one attached hydrogen (secondary N) is 1. The summed E-state index contributed by atoms with van der Waals surface area (Å²) in [7, 11) is -3.19. The number of Topliss-reactive ketones (excluding diaryl/α,β-unsaturated/α-hetero) is 1. The number of hydrogen-bond acceptors (Lipinski definition) is 6. The average molecular weight is 395 g/mol. The summed E-state index contributed by atoms with van der Waals surface area (Å²) in [6, 6.07) is 6.31. The predicted molar refractivity (Wildman–Crippen MR) is 101 cm³/mol. The van der Waals surface area contributed by atoms with Crippen LogP contribution in [0.5, 0.6) is 0 Å². The molecule has 1 saturated heterocycles. The van der Waals surface area contributed by atoms with Gasteiger partial charge in [0.1, 0.15) is 0 Å². The van der Waals surface area contributed by atoms with E-state index < -0.39 is 39.0 Å². The van der Waals surface area contributed by atoms with E-state index in [2.05, 4.69) is 5.32 Å². The van der Waals surface area contributed by atoms with Crippen LogP contribution in [-0.2, 0) is 24.2 Å². The number of ether oxygens (including phenoxy) is 1. The van der Waals surface area contributed by atoms with Gasteiger partial charge in [-0.3, -0.25) is 14.4 Å². The van der Waals surface area contributed by atoms with Crippen molar-refractivity contribution >= 4 is 33.2 Å². The second-order valence-electron chi connectivity index (χ2n) is 7.82. The van der Waals surface area contributed by atoms with Crippen LogP contribution in [0.2, 0.25) is 0 Å². The van der Waals surface area contributed by atoms with Crippen molar-refractivity contribution in [1.29, 1.82) is 0 Å². The van der Waals surface area contributed by atoms with Gasteiger partial charge in [0.25, 0.3) is 0 Å². The summed E-state index contributed by atoms with van der Waals surface area (Å²) >= 11 is 0. The molecule has 27 heavy (non-hydrogen) atoms. The smallest absolute Gasteiger partial charge is 0.310 e. The summed E-state index contributed by atoms with van der Waals surface area (Å²) in [5.74, 6) is -2.16. The third kappa shape index (κ3) is 5.63. The Kier molecular flexibility index (Phi) is 6.09. The van der Waals surface area contributed by atoms with Crippen molar-refractivity contribution in [3.8, 4) is 0 Å². The second kappa shape index (κ2) is 7.80. The Labute approximate surface area is 159 Å². The number of carbonyl (C=O) groups excluding carboxylic acids is 3. The van der Waals surface area contributed by atoms with E-state index in [0.29, 0.717) is 11.3 Å². The SMILES string of the molecule is CC(OC(=O)C1CCS(=O)(=O)C1)C(=O)c1ccc(NC(=O)C(C)(C)C)cc1. The number of carbonyl (C=O) groups is 3. The van der Waals surface area contributed by atoms with Crippen LogP contribution in [0.4, 0.5) is 5.69 Å². The number of esters is 1. The largest absolute Gasteiger partial charge is 0.454 e. The number of benzene rings is 1. The Balaban J connectivity index is 1.96. The number of sulfone groups is 1. The molecule has 1 heterocycles. The van der Waals surface area contributed by atoms with Gasteiger partial charge in [-0.1, -0.05) is 20.8 Å². The molecule has 8 heteroatoms. The molecule has 2 unspecified atom stereocenters. The standard InChI is InChI=1S/C19H25NO6S/c1-12(26-17(22)14-9-10-27(24,25)11-14)16(21)13-5-7-15(8-6-13)20-18(23)19(2,3)4/h5-8,12,14H,9-11H2,1-4H3,(H,20,23). The molecule has 0 spiro atoms. The fourth-order valence-electron chi connectivity index (χ4n) is 2.58. The molecule has 2 rings (SSSR count). The minimum atomic E-state index is -3.19. The second-order valence-corrected chi connectivity index (χ2v) is 10.1. The molecule has 0 aromatic heterocycles. The first-order valence-electron chi connectivity index (χ1n) is 8.76. The monoisotopic (exact) mass is 395 g/mol. The first-order valence-corrected chi connectivity index (χ1v) is 10.6. The van der Waals surface area contributed by atoms with Crippen LogP contribution in [0.3, 0.4) is 0 Å². The maximum atomic E-state index is 12.4. The quantitative estimate of drug-likeness (QED) is 0.605. The highest BCUT2D eigenvalue weighted by molar-refractivity contribution is 7.91. The minimum Gasteiger partial charge on any atom is -0.454 e. The summed E-state index contributed by atoms with van der Waals surface area (Å²) in [6.07, 6.45) is -0.791. The van der Waals surface area contributed by atoms with E-state index in [-0.39, 0.29) is 23.8 Å². The maximum absolute atomic E-state index is 12.4. The zero-order valence-electron chi connectivity index (χ0n) is 15.9. The summed E-state index contributed by atoms with van der Waals surface area (Å²) in [4.78, 5) is 36.5. The van der Waals surface area contributed by atoms with Crippen LogP contribution >= 0.6 is 0 Å². The van der Waals surface area contributed by atoms with Crippen molar-refractivity contribution in [2.45, 2.75) is 40.2 Å². The van der Waals surface area contributed by atoms with Gasteiger partial charge in [0.2, 0.25) is 11.7 Å². The molecule has 1 aromatic rings. The van der Waals surface area contributed by atoms with Gasteiger partial charge in [-0.15, -0.1) is 0 Å². The predicted octanol–water partition coefficient (Wildman–Crippen LogP) is 2.22. The van der Waals surface area contributed by atoms with E-state index in [1.165, 1.54) is 6.92 Å². The normalized spacial score (nSPS) is 19.9. The Morgan fingerprint density at radius 3 is 2.22 bits per heavy atom. The highest BCUT2D eigenvalue weighted by Crippen LogP contribution is 2.22. The average Bonchev–Trinajstić information content (AvgIpc) is 2.94. The zero-order chi connectivity index (χ0) is 20.4. The van der Waals surface area contributed by atoms with Crippen molar-refractivity contribution < 1.29 is 27.5 Å². The van der Waals surface area contributed by atoms with Crippen LogP contribution in [-0.4, -0.2) is 43.7 Å². The summed E-state index contributed by atoms with van der Waals surface area (Å²) in [6.45, 7) is 6.85. The van der Waals surface area contributed by atoms with Gasteiger partial charge in [-0.05, 0) is 37.6 Å². The van der Waals surface area contributed by atoms with Crippen LogP contribution in [0, 0.1) is 11.3 Å². The van der Waals surface area contributed by atoms with Crippen molar-refractivity contribution in [2.24, 2.45) is 11.3 Å². The molecule has 1 amide bonds. The molecule has 1 aliphatic heterocycles. The van der Waals surface area contributed by atoms with Gasteiger partial charge >= 0.3 is 5.97 Å². The van der Waals surface area contributed by atoms with Gasteiger partial charge in [0, 0.05) is 16.7 Å². The van der Waals surface area contributed by atoms with E-state index in [9.17, 15) is 22.8 Å². The molecular weight excluding hydrogens is 370 g/mol. The highest BCUT2D eigenvalue weighted by Gasteiger charge is 2.35.